The van der Waals surface area contributed by atoms with Crippen molar-refractivity contribution in [3.8, 4) is 0 Å². The van der Waals surface area contributed by atoms with Gasteiger partial charge in [0.05, 0.1) is 18.7 Å². The Labute approximate surface area is 230 Å². The zero-order valence-electron chi connectivity index (χ0n) is 21.4. The third-order valence-electron chi connectivity index (χ3n) is 7.29. The molecular weight excluding hydrogens is 522 g/mol. The molecule has 8 nitrogen and oxygen atoms in total. The Bertz CT molecular complexity index is 1480. The molecule has 2 aromatic heterocycles. The molecule has 1 spiro atoms. The van der Waals surface area contributed by atoms with E-state index in [1.165, 1.54) is 11.8 Å². The molecule has 0 N–H and O–H groups in total. The highest BCUT2D eigenvalue weighted by molar-refractivity contribution is 7.99. The number of rotatable bonds is 7. The molecule has 4 heterocycles. The molecule has 0 atom stereocenters. The maximum atomic E-state index is 12.7. The van der Waals surface area contributed by atoms with Gasteiger partial charge in [-0.25, -0.2) is 4.98 Å². The minimum absolute atomic E-state index is 0.185. The molecule has 2 saturated heterocycles. The Morgan fingerprint density at radius 1 is 1.11 bits per heavy atom. The second-order valence-corrected chi connectivity index (χ2v) is 11.4. The van der Waals surface area contributed by atoms with Crippen molar-refractivity contribution in [3.63, 3.8) is 0 Å². The van der Waals surface area contributed by atoms with Crippen molar-refractivity contribution in [2.75, 3.05) is 32.1 Å². The normalized spacial score (nSPS) is 17.2. The monoisotopic (exact) mass is 551 g/mol. The summed E-state index contributed by atoms with van der Waals surface area (Å²) in [6, 6.07) is 14.2. The molecule has 1 amide bonds. The number of aromatic nitrogens is 4. The summed E-state index contributed by atoms with van der Waals surface area (Å²) in [7, 11) is 0. The first-order chi connectivity index (χ1) is 18.5. The van der Waals surface area contributed by atoms with Gasteiger partial charge in [0.2, 0.25) is 11.1 Å². The fourth-order valence-corrected chi connectivity index (χ4v) is 6.26. The quantitative estimate of drug-likeness (QED) is 0.230. The van der Waals surface area contributed by atoms with Crippen LogP contribution in [0.25, 0.3) is 22.1 Å². The van der Waals surface area contributed by atoms with Gasteiger partial charge in [-0.05, 0) is 43.2 Å². The van der Waals surface area contributed by atoms with E-state index >= 15 is 0 Å². The van der Waals surface area contributed by atoms with Crippen LogP contribution in [0.2, 0.25) is 5.02 Å². The number of aryl methyl sites for hydroxylation is 1. The fraction of sp³-hybridized carbons (Fsp3) is 0.429. The van der Waals surface area contributed by atoms with Crippen LogP contribution in [0.5, 0.6) is 0 Å². The van der Waals surface area contributed by atoms with Crippen LogP contribution in [0, 0.1) is 6.92 Å². The number of fused-ring (bicyclic) bond motifs is 3. The van der Waals surface area contributed by atoms with Crippen LogP contribution >= 0.6 is 23.4 Å². The van der Waals surface area contributed by atoms with E-state index in [-0.39, 0.29) is 5.91 Å². The Kier molecular flexibility index (Phi) is 7.27. The van der Waals surface area contributed by atoms with Gasteiger partial charge < -0.3 is 18.9 Å². The standard InChI is InChI=1S/C28H30ClN5O3S/c1-19-7-8-23-22(16-19)25-26(34(23)18-20-4-2-5-21(29)17-20)30-27(32-31-25)38-15-3-6-24(35)33-11-9-28(10-12-33)36-13-14-37-28/h2,4-5,7-8,16-17H,3,6,9-15,18H2,1H3. The van der Waals surface area contributed by atoms with E-state index in [0.29, 0.717) is 49.4 Å². The van der Waals surface area contributed by atoms with Crippen molar-refractivity contribution in [2.45, 2.75) is 50.1 Å². The van der Waals surface area contributed by atoms with Crippen molar-refractivity contribution in [1.82, 2.24) is 24.6 Å². The number of ether oxygens (including phenoxy) is 2. The lowest BCUT2D eigenvalue weighted by Gasteiger charge is -2.37. The number of benzene rings is 2. The van der Waals surface area contributed by atoms with Gasteiger partial charge in [0.25, 0.3) is 0 Å². The molecule has 0 unspecified atom stereocenters. The summed E-state index contributed by atoms with van der Waals surface area (Å²) in [4.78, 5) is 19.6. The molecule has 0 radical (unpaired) electrons. The predicted molar refractivity (Wildman–Crippen MR) is 149 cm³/mol. The zero-order chi connectivity index (χ0) is 26.1. The first kappa shape index (κ1) is 25.6. The Morgan fingerprint density at radius 3 is 2.71 bits per heavy atom. The summed E-state index contributed by atoms with van der Waals surface area (Å²) in [5.74, 6) is 0.477. The zero-order valence-corrected chi connectivity index (χ0v) is 22.9. The van der Waals surface area contributed by atoms with Crippen LogP contribution < -0.4 is 0 Å². The minimum atomic E-state index is -0.455. The molecule has 2 aromatic carbocycles. The molecule has 10 heteroatoms. The van der Waals surface area contributed by atoms with Crippen molar-refractivity contribution >= 4 is 51.3 Å². The van der Waals surface area contributed by atoms with E-state index in [1.54, 1.807) is 0 Å². The molecule has 0 saturated carbocycles. The van der Waals surface area contributed by atoms with Crippen molar-refractivity contribution in [3.05, 3.63) is 58.6 Å². The molecular formula is C28H30ClN5O3S. The molecule has 0 bridgehead atoms. The molecule has 198 valence electrons. The summed E-state index contributed by atoms with van der Waals surface area (Å²) >= 11 is 7.79. The average Bonchev–Trinajstić information content (AvgIpc) is 3.49. The Hall–Kier alpha value is -2.72. The lowest BCUT2D eigenvalue weighted by Crippen LogP contribution is -2.47. The molecule has 38 heavy (non-hydrogen) atoms. The number of amides is 1. The van der Waals surface area contributed by atoms with Crippen LogP contribution in [-0.4, -0.2) is 68.4 Å². The third kappa shape index (κ3) is 5.25. The summed E-state index contributed by atoms with van der Waals surface area (Å²) in [5.41, 5.74) is 4.92. The van der Waals surface area contributed by atoms with Gasteiger partial charge in [0.15, 0.2) is 11.4 Å². The van der Waals surface area contributed by atoms with Crippen LogP contribution in [0.3, 0.4) is 0 Å². The second kappa shape index (κ2) is 10.8. The predicted octanol–water partition coefficient (Wildman–Crippen LogP) is 5.23. The molecule has 0 aliphatic carbocycles. The number of halogens is 1. The number of carbonyl (C=O) groups excluding carboxylic acids is 1. The number of piperidine rings is 1. The van der Waals surface area contributed by atoms with E-state index in [1.807, 2.05) is 23.1 Å². The van der Waals surface area contributed by atoms with Gasteiger partial charge in [-0.1, -0.05) is 47.1 Å². The summed E-state index contributed by atoms with van der Waals surface area (Å²) in [6.07, 6.45) is 2.75. The van der Waals surface area contributed by atoms with E-state index in [2.05, 4.69) is 46.0 Å². The molecule has 4 aromatic rings. The summed E-state index contributed by atoms with van der Waals surface area (Å²) < 4.78 is 13.7. The molecule has 6 rings (SSSR count). The van der Waals surface area contributed by atoms with Gasteiger partial charge in [-0.3, -0.25) is 4.79 Å². The van der Waals surface area contributed by atoms with Crippen LogP contribution in [-0.2, 0) is 20.8 Å². The smallest absolute Gasteiger partial charge is 0.222 e. The first-order valence-electron chi connectivity index (χ1n) is 13.1. The Morgan fingerprint density at radius 2 is 1.92 bits per heavy atom. The van der Waals surface area contributed by atoms with Crippen LogP contribution in [0.15, 0.2) is 47.6 Å². The van der Waals surface area contributed by atoms with E-state index in [9.17, 15) is 4.79 Å². The maximum Gasteiger partial charge on any atom is 0.222 e. The van der Waals surface area contributed by atoms with Gasteiger partial charge in [-0.2, -0.15) is 0 Å². The number of thioether (sulfide) groups is 1. The first-order valence-corrected chi connectivity index (χ1v) is 14.4. The molecule has 2 fully saturated rings. The highest BCUT2D eigenvalue weighted by Gasteiger charge is 2.40. The SMILES string of the molecule is Cc1ccc2c(c1)c1nnc(SCCCC(=O)N3CCC4(CC3)OCCO4)nc1n2Cc1cccc(Cl)c1. The van der Waals surface area contributed by atoms with Crippen molar-refractivity contribution in [2.24, 2.45) is 0 Å². The van der Waals surface area contributed by atoms with E-state index in [4.69, 9.17) is 26.1 Å². The molecule has 2 aliphatic rings. The van der Waals surface area contributed by atoms with Gasteiger partial charge in [0.1, 0.15) is 5.52 Å². The molecule has 2 aliphatic heterocycles. The van der Waals surface area contributed by atoms with E-state index < -0.39 is 5.79 Å². The average molecular weight is 552 g/mol. The maximum absolute atomic E-state index is 12.7. The topological polar surface area (TPSA) is 82.4 Å². The van der Waals surface area contributed by atoms with Crippen LogP contribution in [0.4, 0.5) is 0 Å². The third-order valence-corrected chi connectivity index (χ3v) is 8.45. The van der Waals surface area contributed by atoms with Gasteiger partial charge in [-0.15, -0.1) is 10.2 Å². The Balaban J connectivity index is 1.13. The van der Waals surface area contributed by atoms with Gasteiger partial charge in [0, 0.05) is 55.1 Å². The van der Waals surface area contributed by atoms with Gasteiger partial charge >= 0.3 is 0 Å². The number of carbonyl (C=O) groups is 1. The van der Waals surface area contributed by atoms with Crippen LogP contribution in [0.1, 0.15) is 36.8 Å². The highest BCUT2D eigenvalue weighted by Crippen LogP contribution is 2.32. The largest absolute Gasteiger partial charge is 0.347 e. The summed E-state index contributed by atoms with van der Waals surface area (Å²) in [6.45, 7) is 5.38. The second-order valence-electron chi connectivity index (χ2n) is 9.94. The minimum Gasteiger partial charge on any atom is -0.347 e. The summed E-state index contributed by atoms with van der Waals surface area (Å²) in [5, 5.41) is 11.4. The number of hydrogen-bond donors (Lipinski definition) is 0. The number of hydrogen-bond acceptors (Lipinski definition) is 7. The number of likely N-dealkylation sites (tertiary alicyclic amines) is 1. The lowest BCUT2D eigenvalue weighted by atomic mass is 10.0. The van der Waals surface area contributed by atoms with Crippen molar-refractivity contribution < 1.29 is 14.3 Å². The van der Waals surface area contributed by atoms with Crippen molar-refractivity contribution in [1.29, 1.82) is 0 Å². The number of nitrogens with zero attached hydrogens (tertiary/aromatic N) is 5. The fourth-order valence-electron chi connectivity index (χ4n) is 5.32. The lowest BCUT2D eigenvalue weighted by molar-refractivity contribution is -0.187. The highest BCUT2D eigenvalue weighted by atomic mass is 35.5. The van der Waals surface area contributed by atoms with E-state index in [0.717, 1.165) is 58.2 Å².